The summed E-state index contributed by atoms with van der Waals surface area (Å²) < 4.78 is 5.54. The van der Waals surface area contributed by atoms with Gasteiger partial charge in [-0.15, -0.1) is 0 Å². The fourth-order valence-electron chi connectivity index (χ4n) is 4.21. The fraction of sp³-hybridized carbons (Fsp3) is 0.929. The first-order valence-electron chi connectivity index (χ1n) is 7.15. The van der Waals surface area contributed by atoms with E-state index in [-0.39, 0.29) is 6.09 Å². The monoisotopic (exact) mass is 252 g/mol. The summed E-state index contributed by atoms with van der Waals surface area (Å²) in [6, 6.07) is 1.04. The SMILES string of the molecule is CC(C)(C)OC(=O)N1CCC23CCNC2CCC13. The van der Waals surface area contributed by atoms with Crippen LogP contribution in [0.1, 0.15) is 46.5 Å². The highest BCUT2D eigenvalue weighted by atomic mass is 16.6. The lowest BCUT2D eigenvalue weighted by Gasteiger charge is -2.32. The molecule has 102 valence electrons. The second-order valence-corrected chi connectivity index (χ2v) is 7.01. The smallest absolute Gasteiger partial charge is 0.410 e. The summed E-state index contributed by atoms with van der Waals surface area (Å²) in [5, 5.41) is 3.61. The number of amides is 1. The van der Waals surface area contributed by atoms with Crippen LogP contribution in [-0.2, 0) is 4.74 Å². The first-order valence-corrected chi connectivity index (χ1v) is 7.15. The van der Waals surface area contributed by atoms with Gasteiger partial charge in [-0.05, 0) is 53.0 Å². The Labute approximate surface area is 109 Å². The first kappa shape index (κ1) is 12.3. The van der Waals surface area contributed by atoms with Crippen LogP contribution in [0.5, 0.6) is 0 Å². The molecule has 2 saturated heterocycles. The minimum atomic E-state index is -0.390. The number of carbonyl (C=O) groups excluding carboxylic acids is 1. The molecule has 0 aromatic rings. The third-order valence-electron chi connectivity index (χ3n) is 4.89. The topological polar surface area (TPSA) is 41.6 Å². The van der Waals surface area contributed by atoms with E-state index in [1.807, 2.05) is 25.7 Å². The van der Waals surface area contributed by atoms with Gasteiger partial charge in [-0.3, -0.25) is 0 Å². The molecule has 3 unspecified atom stereocenters. The van der Waals surface area contributed by atoms with Crippen molar-refractivity contribution < 1.29 is 9.53 Å². The molecule has 3 fully saturated rings. The largest absolute Gasteiger partial charge is 0.444 e. The van der Waals surface area contributed by atoms with Gasteiger partial charge in [-0.2, -0.15) is 0 Å². The summed E-state index contributed by atoms with van der Waals surface area (Å²) >= 11 is 0. The van der Waals surface area contributed by atoms with Gasteiger partial charge >= 0.3 is 6.09 Å². The van der Waals surface area contributed by atoms with E-state index in [0.29, 0.717) is 17.5 Å². The van der Waals surface area contributed by atoms with Crippen molar-refractivity contribution in [2.75, 3.05) is 13.1 Å². The zero-order chi connectivity index (χ0) is 13.0. The Morgan fingerprint density at radius 3 is 2.83 bits per heavy atom. The van der Waals surface area contributed by atoms with E-state index in [2.05, 4.69) is 5.32 Å². The van der Waals surface area contributed by atoms with Crippen molar-refractivity contribution in [2.24, 2.45) is 5.41 Å². The van der Waals surface area contributed by atoms with E-state index in [0.717, 1.165) is 25.9 Å². The number of nitrogens with one attached hydrogen (secondary N) is 1. The van der Waals surface area contributed by atoms with Crippen LogP contribution in [0.15, 0.2) is 0 Å². The molecule has 4 nitrogen and oxygen atoms in total. The lowest BCUT2D eigenvalue weighted by Crippen LogP contribution is -2.44. The van der Waals surface area contributed by atoms with Crippen LogP contribution in [0.25, 0.3) is 0 Å². The molecule has 2 aliphatic heterocycles. The minimum Gasteiger partial charge on any atom is -0.444 e. The second-order valence-electron chi connectivity index (χ2n) is 7.01. The van der Waals surface area contributed by atoms with E-state index in [1.54, 1.807) is 0 Å². The standard InChI is InChI=1S/C14H24N2O2/c1-13(2,3)18-12(17)16-9-7-14-6-8-15-10(14)4-5-11(14)16/h10-11,15H,4-9H2,1-3H3. The molecule has 1 spiro atoms. The van der Waals surface area contributed by atoms with Crippen LogP contribution >= 0.6 is 0 Å². The predicted molar refractivity (Wildman–Crippen MR) is 69.4 cm³/mol. The molecule has 18 heavy (non-hydrogen) atoms. The van der Waals surface area contributed by atoms with Gasteiger partial charge < -0.3 is 15.0 Å². The Morgan fingerprint density at radius 1 is 1.33 bits per heavy atom. The van der Waals surface area contributed by atoms with Gasteiger partial charge in [0.2, 0.25) is 0 Å². The average Bonchev–Trinajstić information content (AvgIpc) is 2.83. The maximum absolute atomic E-state index is 12.3. The van der Waals surface area contributed by atoms with Crippen molar-refractivity contribution in [3.05, 3.63) is 0 Å². The molecule has 0 radical (unpaired) electrons. The van der Waals surface area contributed by atoms with Crippen molar-refractivity contribution in [2.45, 2.75) is 64.1 Å². The Balaban J connectivity index is 1.75. The van der Waals surface area contributed by atoms with E-state index in [9.17, 15) is 4.79 Å². The lowest BCUT2D eigenvalue weighted by atomic mass is 9.79. The van der Waals surface area contributed by atoms with Gasteiger partial charge in [-0.25, -0.2) is 4.79 Å². The Kier molecular flexibility index (Phi) is 2.63. The van der Waals surface area contributed by atoms with Crippen LogP contribution in [0.2, 0.25) is 0 Å². The van der Waals surface area contributed by atoms with Gasteiger partial charge in [0.1, 0.15) is 5.60 Å². The number of ether oxygens (including phenoxy) is 1. The van der Waals surface area contributed by atoms with Crippen molar-refractivity contribution in [3.8, 4) is 0 Å². The third-order valence-corrected chi connectivity index (χ3v) is 4.89. The summed E-state index contributed by atoms with van der Waals surface area (Å²) in [6.07, 6.45) is 4.61. The summed E-state index contributed by atoms with van der Waals surface area (Å²) in [6.45, 7) is 7.79. The summed E-state index contributed by atoms with van der Waals surface area (Å²) in [4.78, 5) is 14.3. The van der Waals surface area contributed by atoms with Crippen LogP contribution in [-0.4, -0.2) is 41.8 Å². The molecule has 3 aliphatic rings. The lowest BCUT2D eigenvalue weighted by molar-refractivity contribution is 0.0188. The van der Waals surface area contributed by atoms with Gasteiger partial charge in [0.25, 0.3) is 0 Å². The number of nitrogens with zero attached hydrogens (tertiary/aromatic N) is 1. The summed E-state index contributed by atoms with van der Waals surface area (Å²) in [5.41, 5.74) is -0.0321. The van der Waals surface area contributed by atoms with Crippen molar-refractivity contribution in [1.82, 2.24) is 10.2 Å². The zero-order valence-electron chi connectivity index (χ0n) is 11.7. The van der Waals surface area contributed by atoms with Crippen LogP contribution in [0.4, 0.5) is 4.79 Å². The third kappa shape index (κ3) is 1.73. The first-order chi connectivity index (χ1) is 8.42. The number of carbonyl (C=O) groups is 1. The molecule has 4 heteroatoms. The van der Waals surface area contributed by atoms with Crippen molar-refractivity contribution in [1.29, 1.82) is 0 Å². The highest BCUT2D eigenvalue weighted by Gasteiger charge is 2.59. The van der Waals surface area contributed by atoms with Crippen molar-refractivity contribution >= 4 is 6.09 Å². The molecule has 1 amide bonds. The highest BCUT2D eigenvalue weighted by Crippen LogP contribution is 2.53. The highest BCUT2D eigenvalue weighted by molar-refractivity contribution is 5.69. The molecular formula is C14H24N2O2. The Hall–Kier alpha value is -0.770. The number of hydrogen-bond donors (Lipinski definition) is 1. The van der Waals surface area contributed by atoms with E-state index < -0.39 is 5.60 Å². The summed E-state index contributed by atoms with van der Waals surface area (Å²) in [7, 11) is 0. The molecule has 0 bridgehead atoms. The molecule has 3 atom stereocenters. The van der Waals surface area contributed by atoms with Crippen molar-refractivity contribution in [3.63, 3.8) is 0 Å². The fourth-order valence-corrected chi connectivity index (χ4v) is 4.21. The molecular weight excluding hydrogens is 228 g/mol. The summed E-state index contributed by atoms with van der Waals surface area (Å²) in [5.74, 6) is 0. The van der Waals surface area contributed by atoms with Gasteiger partial charge in [0.05, 0.1) is 0 Å². The Bertz CT molecular complexity index is 363. The van der Waals surface area contributed by atoms with E-state index in [1.165, 1.54) is 12.8 Å². The second kappa shape index (κ2) is 3.86. The quantitative estimate of drug-likeness (QED) is 0.718. The normalized spacial score (nSPS) is 38.7. The molecule has 3 rings (SSSR count). The van der Waals surface area contributed by atoms with Crippen LogP contribution in [0, 0.1) is 5.41 Å². The van der Waals surface area contributed by atoms with Gasteiger partial charge in [-0.1, -0.05) is 0 Å². The Morgan fingerprint density at radius 2 is 2.11 bits per heavy atom. The van der Waals surface area contributed by atoms with E-state index in [4.69, 9.17) is 4.74 Å². The molecule has 0 aromatic carbocycles. The predicted octanol–water partition coefficient (Wildman–Crippen LogP) is 2.14. The van der Waals surface area contributed by atoms with Crippen LogP contribution < -0.4 is 5.32 Å². The maximum Gasteiger partial charge on any atom is 0.410 e. The van der Waals surface area contributed by atoms with Crippen LogP contribution in [0.3, 0.4) is 0 Å². The molecule has 0 aromatic heterocycles. The number of likely N-dealkylation sites (tertiary alicyclic amines) is 1. The van der Waals surface area contributed by atoms with Gasteiger partial charge in [0, 0.05) is 24.0 Å². The number of rotatable bonds is 0. The molecule has 1 aliphatic carbocycles. The average molecular weight is 252 g/mol. The van der Waals surface area contributed by atoms with Gasteiger partial charge in [0.15, 0.2) is 0 Å². The number of hydrogen-bond acceptors (Lipinski definition) is 3. The minimum absolute atomic E-state index is 0.114. The molecule has 2 heterocycles. The zero-order valence-corrected chi connectivity index (χ0v) is 11.7. The maximum atomic E-state index is 12.3. The molecule has 1 saturated carbocycles. The van der Waals surface area contributed by atoms with E-state index >= 15 is 0 Å². The molecule has 1 N–H and O–H groups in total.